The summed E-state index contributed by atoms with van der Waals surface area (Å²) in [5.74, 6) is 0.402. The van der Waals surface area contributed by atoms with Gasteiger partial charge in [-0.25, -0.2) is 13.4 Å². The summed E-state index contributed by atoms with van der Waals surface area (Å²) in [5.41, 5.74) is 0. The van der Waals surface area contributed by atoms with Crippen molar-refractivity contribution in [2.75, 3.05) is 11.9 Å². The van der Waals surface area contributed by atoms with Crippen molar-refractivity contribution >= 4 is 38.7 Å². The third kappa shape index (κ3) is 4.36. The van der Waals surface area contributed by atoms with E-state index < -0.39 is 9.84 Å². The van der Waals surface area contributed by atoms with E-state index >= 15 is 0 Å². The van der Waals surface area contributed by atoms with Gasteiger partial charge in [0.25, 0.3) is 0 Å². The van der Waals surface area contributed by atoms with Gasteiger partial charge in [0.2, 0.25) is 26.6 Å². The minimum atomic E-state index is -3.87. The molecule has 0 bridgehead atoms. The molecule has 4 rings (SSSR count). The Morgan fingerprint density at radius 1 is 1.21 bits per heavy atom. The number of anilines is 1. The SMILES string of the molecule is O=S(=O)(c1ccc(Cl)cc1)c1nc(-c2cccs2)oc1NCCCn1ccnc1. The zero-order valence-corrected chi connectivity index (χ0v) is 17.5. The lowest BCUT2D eigenvalue weighted by molar-refractivity contribution is 0.572. The monoisotopic (exact) mass is 448 g/mol. The minimum Gasteiger partial charge on any atom is -0.418 e. The molecular weight excluding hydrogens is 432 g/mol. The minimum absolute atomic E-state index is 0.106. The van der Waals surface area contributed by atoms with E-state index in [0.717, 1.165) is 17.8 Å². The molecule has 150 valence electrons. The first-order chi connectivity index (χ1) is 14.0. The predicted octanol–water partition coefficient (Wildman–Crippen LogP) is 4.59. The first kappa shape index (κ1) is 19.7. The van der Waals surface area contributed by atoms with Crippen LogP contribution in [0.1, 0.15) is 6.42 Å². The fraction of sp³-hybridized carbons (Fsp3) is 0.158. The highest BCUT2D eigenvalue weighted by Crippen LogP contribution is 2.34. The number of aromatic nitrogens is 3. The lowest BCUT2D eigenvalue weighted by Gasteiger charge is -2.07. The zero-order valence-electron chi connectivity index (χ0n) is 15.2. The van der Waals surface area contributed by atoms with Crippen molar-refractivity contribution in [3.8, 4) is 10.8 Å². The lowest BCUT2D eigenvalue weighted by Crippen LogP contribution is -2.10. The molecule has 0 amide bonds. The van der Waals surface area contributed by atoms with Crippen LogP contribution < -0.4 is 5.32 Å². The van der Waals surface area contributed by atoms with Crippen LogP contribution in [0.25, 0.3) is 10.8 Å². The Bertz CT molecular complexity index is 1170. The van der Waals surface area contributed by atoms with Crippen molar-refractivity contribution in [2.45, 2.75) is 22.9 Å². The average Bonchev–Trinajstić information content (AvgIpc) is 3.47. The summed E-state index contributed by atoms with van der Waals surface area (Å²) < 4.78 is 34.0. The van der Waals surface area contributed by atoms with Gasteiger partial charge in [-0.2, -0.15) is 4.98 Å². The van der Waals surface area contributed by atoms with Gasteiger partial charge in [-0.1, -0.05) is 17.7 Å². The molecule has 0 aliphatic rings. The van der Waals surface area contributed by atoms with E-state index in [0.29, 0.717) is 11.6 Å². The Morgan fingerprint density at radius 2 is 2.03 bits per heavy atom. The maximum atomic E-state index is 13.2. The number of oxazole rings is 1. The van der Waals surface area contributed by atoms with Crippen LogP contribution in [-0.4, -0.2) is 29.5 Å². The molecule has 4 aromatic rings. The summed E-state index contributed by atoms with van der Waals surface area (Å²) in [6.07, 6.45) is 6.08. The Morgan fingerprint density at radius 3 is 2.72 bits per heavy atom. The maximum absolute atomic E-state index is 13.2. The number of nitrogens with one attached hydrogen (secondary N) is 1. The number of nitrogens with zero attached hydrogens (tertiary/aromatic N) is 3. The van der Waals surface area contributed by atoms with Crippen LogP contribution in [0, 0.1) is 0 Å². The molecule has 0 radical (unpaired) electrons. The largest absolute Gasteiger partial charge is 0.418 e. The van der Waals surface area contributed by atoms with Crippen LogP contribution in [0.4, 0.5) is 5.88 Å². The van der Waals surface area contributed by atoms with Crippen LogP contribution in [0.2, 0.25) is 5.02 Å². The van der Waals surface area contributed by atoms with Crippen molar-refractivity contribution in [2.24, 2.45) is 0 Å². The highest BCUT2D eigenvalue weighted by Gasteiger charge is 2.28. The third-order valence-electron chi connectivity index (χ3n) is 4.14. The van der Waals surface area contributed by atoms with E-state index in [2.05, 4.69) is 15.3 Å². The van der Waals surface area contributed by atoms with Crippen LogP contribution in [0.15, 0.2) is 74.8 Å². The lowest BCUT2D eigenvalue weighted by atomic mass is 10.4. The number of halogens is 1. The van der Waals surface area contributed by atoms with Crippen molar-refractivity contribution in [3.63, 3.8) is 0 Å². The molecule has 3 aromatic heterocycles. The van der Waals surface area contributed by atoms with Crippen molar-refractivity contribution in [1.29, 1.82) is 0 Å². The van der Waals surface area contributed by atoms with E-state index in [9.17, 15) is 8.42 Å². The molecular formula is C19H17ClN4O3S2. The van der Waals surface area contributed by atoms with Gasteiger partial charge in [-0.05, 0) is 42.1 Å². The molecule has 10 heteroatoms. The topological polar surface area (TPSA) is 90.0 Å². The second kappa shape index (κ2) is 8.40. The van der Waals surface area contributed by atoms with Gasteiger partial charge in [0.1, 0.15) is 0 Å². The third-order valence-corrected chi connectivity index (χ3v) is 6.93. The van der Waals surface area contributed by atoms with Crippen LogP contribution in [0.5, 0.6) is 0 Å². The van der Waals surface area contributed by atoms with Gasteiger partial charge < -0.3 is 14.3 Å². The van der Waals surface area contributed by atoms with Crippen molar-refractivity contribution in [3.05, 3.63) is 65.5 Å². The summed E-state index contributed by atoms with van der Waals surface area (Å²) in [4.78, 5) is 9.16. The van der Waals surface area contributed by atoms with Crippen molar-refractivity contribution < 1.29 is 12.8 Å². The van der Waals surface area contributed by atoms with Gasteiger partial charge in [-0.3, -0.25) is 0 Å². The molecule has 0 saturated carbocycles. The first-order valence-electron chi connectivity index (χ1n) is 8.79. The second-order valence-corrected chi connectivity index (χ2v) is 9.42. The number of rotatable bonds is 8. The predicted molar refractivity (Wildman–Crippen MR) is 112 cm³/mol. The summed E-state index contributed by atoms with van der Waals surface area (Å²) in [7, 11) is -3.87. The van der Waals surface area contributed by atoms with Gasteiger partial charge in [0, 0.05) is 30.5 Å². The number of thiophene rings is 1. The Balaban J connectivity index is 1.61. The number of benzene rings is 1. The smallest absolute Gasteiger partial charge is 0.240 e. The highest BCUT2D eigenvalue weighted by molar-refractivity contribution is 7.91. The van der Waals surface area contributed by atoms with Crippen LogP contribution >= 0.6 is 22.9 Å². The average molecular weight is 449 g/mol. The van der Waals surface area contributed by atoms with Gasteiger partial charge in [0.15, 0.2) is 0 Å². The molecule has 0 atom stereocenters. The molecule has 0 fully saturated rings. The normalized spacial score (nSPS) is 11.6. The molecule has 7 nitrogen and oxygen atoms in total. The summed E-state index contributed by atoms with van der Waals surface area (Å²) in [6.45, 7) is 1.26. The maximum Gasteiger partial charge on any atom is 0.240 e. The molecule has 3 heterocycles. The Hall–Kier alpha value is -2.62. The molecule has 0 spiro atoms. The number of sulfone groups is 1. The number of imidazole rings is 1. The Kier molecular flexibility index (Phi) is 5.70. The molecule has 0 aliphatic carbocycles. The quantitative estimate of drug-likeness (QED) is 0.396. The number of hydrogen-bond donors (Lipinski definition) is 1. The van der Waals surface area contributed by atoms with E-state index in [1.807, 2.05) is 28.3 Å². The van der Waals surface area contributed by atoms with E-state index in [4.69, 9.17) is 16.0 Å². The van der Waals surface area contributed by atoms with Gasteiger partial charge >= 0.3 is 0 Å². The fourth-order valence-corrected chi connectivity index (χ4v) is 4.77. The van der Waals surface area contributed by atoms with Crippen LogP contribution in [-0.2, 0) is 16.4 Å². The van der Waals surface area contributed by atoms with Gasteiger partial charge in [-0.15, -0.1) is 11.3 Å². The standard InChI is InChI=1S/C19H17ClN4O3S2/c20-14-4-6-15(7-5-14)29(25,26)19-18(22-8-2-10-24-11-9-21-13-24)27-17(23-19)16-3-1-12-28-16/h1,3-7,9,11-13,22H,2,8,10H2. The second-order valence-electron chi connectivity index (χ2n) is 6.17. The highest BCUT2D eigenvalue weighted by atomic mass is 35.5. The van der Waals surface area contributed by atoms with E-state index in [1.54, 1.807) is 12.5 Å². The van der Waals surface area contributed by atoms with E-state index in [-0.39, 0.29) is 21.7 Å². The summed E-state index contributed by atoms with van der Waals surface area (Å²) in [5, 5.41) is 5.29. The van der Waals surface area contributed by atoms with Crippen LogP contribution in [0.3, 0.4) is 0 Å². The molecule has 0 aliphatic heterocycles. The molecule has 1 N–H and O–H groups in total. The number of aryl methyl sites for hydroxylation is 1. The molecule has 0 unspecified atom stereocenters. The fourth-order valence-electron chi connectivity index (χ4n) is 2.71. The van der Waals surface area contributed by atoms with E-state index in [1.165, 1.54) is 35.6 Å². The summed E-state index contributed by atoms with van der Waals surface area (Å²) >= 11 is 7.32. The first-order valence-corrected chi connectivity index (χ1v) is 11.5. The Labute approximate surface area is 176 Å². The molecule has 29 heavy (non-hydrogen) atoms. The van der Waals surface area contributed by atoms with Crippen molar-refractivity contribution in [1.82, 2.24) is 14.5 Å². The zero-order chi connectivity index (χ0) is 20.3. The molecule has 1 aromatic carbocycles. The van der Waals surface area contributed by atoms with Gasteiger partial charge in [0.05, 0.1) is 16.1 Å². The summed E-state index contributed by atoms with van der Waals surface area (Å²) in [6, 6.07) is 9.67. The molecule has 0 saturated heterocycles. The number of hydrogen-bond acceptors (Lipinski definition) is 7.